The highest BCUT2D eigenvalue weighted by Crippen LogP contribution is 2.12. The van der Waals surface area contributed by atoms with Gasteiger partial charge in [0.2, 0.25) is 5.95 Å². The van der Waals surface area contributed by atoms with Crippen LogP contribution in [0, 0.1) is 5.95 Å². The van der Waals surface area contributed by atoms with E-state index in [2.05, 4.69) is 20.3 Å². The predicted molar refractivity (Wildman–Crippen MR) is 56.5 cm³/mol. The van der Waals surface area contributed by atoms with Gasteiger partial charge in [-0.2, -0.15) is 4.39 Å². The van der Waals surface area contributed by atoms with Gasteiger partial charge in [0.05, 0.1) is 0 Å². The minimum absolute atomic E-state index is 0.154. The molecule has 0 bridgehead atoms. The number of carboxylic acids is 1. The summed E-state index contributed by atoms with van der Waals surface area (Å²) >= 11 is 0. The lowest BCUT2D eigenvalue weighted by Crippen LogP contribution is -2.03. The molecule has 0 atom stereocenters. The molecule has 6 nitrogen and oxygen atoms in total. The molecule has 0 aliphatic rings. The summed E-state index contributed by atoms with van der Waals surface area (Å²) in [5.41, 5.74) is -0.154. The van der Waals surface area contributed by atoms with Gasteiger partial charge in [-0.05, 0) is 12.1 Å². The fourth-order valence-corrected chi connectivity index (χ4v) is 1.15. The van der Waals surface area contributed by atoms with E-state index in [0.717, 1.165) is 6.33 Å². The number of nitrogens with zero attached hydrogens (tertiary/aromatic N) is 3. The van der Waals surface area contributed by atoms with Gasteiger partial charge in [0.25, 0.3) is 0 Å². The molecule has 0 aliphatic carbocycles. The van der Waals surface area contributed by atoms with Crippen molar-refractivity contribution in [2.24, 2.45) is 0 Å². The maximum absolute atomic E-state index is 12.8. The van der Waals surface area contributed by atoms with Crippen molar-refractivity contribution in [1.82, 2.24) is 15.0 Å². The normalized spacial score (nSPS) is 9.94. The minimum atomic E-state index is -1.16. The SMILES string of the molecule is O=C(O)c1cc(Nc2cccc(F)n2)ncn1. The number of hydrogen-bond donors (Lipinski definition) is 2. The zero-order valence-electron chi connectivity index (χ0n) is 8.46. The molecule has 2 aromatic heterocycles. The number of nitrogens with one attached hydrogen (secondary N) is 1. The molecule has 2 heterocycles. The van der Waals surface area contributed by atoms with Crippen LogP contribution in [0.3, 0.4) is 0 Å². The molecule has 7 heteroatoms. The number of rotatable bonds is 3. The molecule has 0 fully saturated rings. The van der Waals surface area contributed by atoms with Gasteiger partial charge < -0.3 is 10.4 Å². The van der Waals surface area contributed by atoms with E-state index in [1.54, 1.807) is 0 Å². The third kappa shape index (κ3) is 2.71. The zero-order valence-corrected chi connectivity index (χ0v) is 8.46. The van der Waals surface area contributed by atoms with Gasteiger partial charge in [0, 0.05) is 6.07 Å². The van der Waals surface area contributed by atoms with Crippen LogP contribution >= 0.6 is 0 Å². The lowest BCUT2D eigenvalue weighted by molar-refractivity contribution is 0.0690. The van der Waals surface area contributed by atoms with Crippen molar-refractivity contribution in [3.8, 4) is 0 Å². The minimum Gasteiger partial charge on any atom is -0.477 e. The second kappa shape index (κ2) is 4.52. The molecule has 0 saturated heterocycles. The summed E-state index contributed by atoms with van der Waals surface area (Å²) in [6, 6.07) is 5.44. The molecule has 2 N–H and O–H groups in total. The smallest absolute Gasteiger partial charge is 0.354 e. The predicted octanol–water partition coefficient (Wildman–Crippen LogP) is 1.45. The Labute approximate surface area is 95.2 Å². The number of aromatic carboxylic acids is 1. The van der Waals surface area contributed by atoms with E-state index in [0.29, 0.717) is 0 Å². The first-order valence-corrected chi connectivity index (χ1v) is 4.60. The van der Waals surface area contributed by atoms with Crippen molar-refractivity contribution >= 4 is 17.6 Å². The Morgan fingerprint density at radius 2 is 2.12 bits per heavy atom. The maximum atomic E-state index is 12.8. The van der Waals surface area contributed by atoms with Gasteiger partial charge >= 0.3 is 5.97 Å². The Bertz CT molecular complexity index is 562. The summed E-state index contributed by atoms with van der Waals surface area (Å²) in [4.78, 5) is 21.6. The van der Waals surface area contributed by atoms with E-state index in [9.17, 15) is 9.18 Å². The van der Waals surface area contributed by atoms with Crippen LogP contribution in [0.15, 0.2) is 30.6 Å². The van der Waals surface area contributed by atoms with Crippen LogP contribution in [0.4, 0.5) is 16.0 Å². The van der Waals surface area contributed by atoms with Crippen LogP contribution in [-0.4, -0.2) is 26.0 Å². The number of halogens is 1. The van der Waals surface area contributed by atoms with Crippen molar-refractivity contribution in [2.45, 2.75) is 0 Å². The van der Waals surface area contributed by atoms with Crippen molar-refractivity contribution < 1.29 is 14.3 Å². The van der Waals surface area contributed by atoms with Crippen LogP contribution in [0.5, 0.6) is 0 Å². The van der Waals surface area contributed by atoms with Gasteiger partial charge in [-0.25, -0.2) is 19.7 Å². The summed E-state index contributed by atoms with van der Waals surface area (Å²) in [5, 5.41) is 11.4. The molecule has 2 aromatic rings. The van der Waals surface area contributed by atoms with Gasteiger partial charge in [-0.3, -0.25) is 0 Å². The monoisotopic (exact) mass is 234 g/mol. The highest BCUT2D eigenvalue weighted by Gasteiger charge is 2.06. The lowest BCUT2D eigenvalue weighted by atomic mass is 10.4. The number of pyridine rings is 1. The highest BCUT2D eigenvalue weighted by atomic mass is 19.1. The Morgan fingerprint density at radius 1 is 1.29 bits per heavy atom. The average Bonchev–Trinajstić information content (AvgIpc) is 2.29. The second-order valence-corrected chi connectivity index (χ2v) is 3.06. The molecule has 0 spiro atoms. The third-order valence-electron chi connectivity index (χ3n) is 1.86. The van der Waals surface area contributed by atoms with Crippen LogP contribution < -0.4 is 5.32 Å². The summed E-state index contributed by atoms with van der Waals surface area (Å²) < 4.78 is 12.8. The molecule has 0 unspecified atom stereocenters. The van der Waals surface area contributed by atoms with Crippen molar-refractivity contribution in [3.63, 3.8) is 0 Å². The number of carbonyl (C=O) groups is 1. The van der Waals surface area contributed by atoms with Gasteiger partial charge in [-0.15, -0.1) is 0 Å². The number of carboxylic acid groups (broad SMARTS) is 1. The van der Waals surface area contributed by atoms with Crippen LogP contribution in [0.2, 0.25) is 0 Å². The fraction of sp³-hybridized carbons (Fsp3) is 0. The van der Waals surface area contributed by atoms with E-state index in [1.165, 1.54) is 24.3 Å². The topological polar surface area (TPSA) is 88.0 Å². The number of aromatic nitrogens is 3. The zero-order chi connectivity index (χ0) is 12.3. The molecule has 0 radical (unpaired) electrons. The quantitative estimate of drug-likeness (QED) is 0.781. The Morgan fingerprint density at radius 3 is 2.82 bits per heavy atom. The first-order valence-electron chi connectivity index (χ1n) is 4.60. The molecular weight excluding hydrogens is 227 g/mol. The second-order valence-electron chi connectivity index (χ2n) is 3.06. The van der Waals surface area contributed by atoms with Crippen molar-refractivity contribution in [1.29, 1.82) is 0 Å². The summed E-state index contributed by atoms with van der Waals surface area (Å²) in [6.07, 6.45) is 1.10. The van der Waals surface area contributed by atoms with Crippen LogP contribution in [0.1, 0.15) is 10.5 Å². The first kappa shape index (κ1) is 10.9. The Balaban J connectivity index is 2.24. The van der Waals surface area contributed by atoms with Gasteiger partial charge in [0.1, 0.15) is 18.0 Å². The third-order valence-corrected chi connectivity index (χ3v) is 1.86. The molecule has 0 aliphatic heterocycles. The largest absolute Gasteiger partial charge is 0.477 e. The van der Waals surface area contributed by atoms with Crippen LogP contribution in [-0.2, 0) is 0 Å². The van der Waals surface area contributed by atoms with Crippen molar-refractivity contribution in [2.75, 3.05) is 5.32 Å². The molecule has 17 heavy (non-hydrogen) atoms. The standard InChI is InChI=1S/C10H7FN4O2/c11-7-2-1-3-8(14-7)15-9-4-6(10(16)17)12-5-13-9/h1-5H,(H,16,17)(H,12,13,14,15). The van der Waals surface area contributed by atoms with Crippen molar-refractivity contribution in [3.05, 3.63) is 42.2 Å². The average molecular weight is 234 g/mol. The summed E-state index contributed by atoms with van der Waals surface area (Å²) in [6.45, 7) is 0. The Kier molecular flexibility index (Phi) is 2.91. The molecule has 86 valence electrons. The van der Waals surface area contributed by atoms with Gasteiger partial charge in [-0.1, -0.05) is 6.07 Å². The molecule has 0 amide bonds. The number of hydrogen-bond acceptors (Lipinski definition) is 5. The van der Waals surface area contributed by atoms with E-state index >= 15 is 0 Å². The Hall–Kier alpha value is -2.57. The maximum Gasteiger partial charge on any atom is 0.354 e. The van der Waals surface area contributed by atoms with E-state index in [1.807, 2.05) is 0 Å². The molecule has 0 aromatic carbocycles. The lowest BCUT2D eigenvalue weighted by Gasteiger charge is -2.04. The van der Waals surface area contributed by atoms with E-state index in [-0.39, 0.29) is 17.3 Å². The van der Waals surface area contributed by atoms with Crippen LogP contribution in [0.25, 0.3) is 0 Å². The molecule has 0 saturated carbocycles. The fourth-order valence-electron chi connectivity index (χ4n) is 1.15. The highest BCUT2D eigenvalue weighted by molar-refractivity contribution is 5.86. The first-order chi connectivity index (χ1) is 8.15. The van der Waals surface area contributed by atoms with Gasteiger partial charge in [0.15, 0.2) is 5.69 Å². The molecular formula is C10H7FN4O2. The van der Waals surface area contributed by atoms with E-state index in [4.69, 9.17) is 5.11 Å². The summed E-state index contributed by atoms with van der Waals surface area (Å²) in [7, 11) is 0. The summed E-state index contributed by atoms with van der Waals surface area (Å²) in [5.74, 6) is -1.33. The van der Waals surface area contributed by atoms with E-state index < -0.39 is 11.9 Å². The number of anilines is 2. The molecule has 2 rings (SSSR count).